The van der Waals surface area contributed by atoms with E-state index in [4.69, 9.17) is 17.0 Å². The van der Waals surface area contributed by atoms with Crippen LogP contribution in [-0.2, 0) is 6.42 Å². The van der Waals surface area contributed by atoms with Gasteiger partial charge in [0.2, 0.25) is 0 Å². The monoisotopic (exact) mass is 447 g/mol. The number of rotatable bonds is 7. The molecule has 0 heterocycles. The number of nitrogens with one attached hydrogen (secondary N) is 2. The molecule has 2 amide bonds. The summed E-state index contributed by atoms with van der Waals surface area (Å²) in [6, 6.07) is 23.9. The van der Waals surface area contributed by atoms with Gasteiger partial charge in [-0.2, -0.15) is 0 Å². The van der Waals surface area contributed by atoms with Crippen LogP contribution in [-0.4, -0.2) is 42.5 Å². The van der Waals surface area contributed by atoms with Crippen LogP contribution in [0.1, 0.15) is 26.3 Å². The van der Waals surface area contributed by atoms with Gasteiger partial charge in [0.05, 0.1) is 6.61 Å². The summed E-state index contributed by atoms with van der Waals surface area (Å²) in [5.74, 6) is 0.295. The molecule has 0 fully saturated rings. The zero-order chi connectivity index (χ0) is 22.9. The zero-order valence-electron chi connectivity index (χ0n) is 18.0. The van der Waals surface area contributed by atoms with Gasteiger partial charge in [0.25, 0.3) is 11.8 Å². The summed E-state index contributed by atoms with van der Waals surface area (Å²) in [5.41, 5.74) is 2.93. The lowest BCUT2D eigenvalue weighted by atomic mass is 10.2. The minimum Gasteiger partial charge on any atom is -0.493 e. The Hall–Kier alpha value is -3.71. The molecule has 6 nitrogen and oxygen atoms in total. The highest BCUT2D eigenvalue weighted by molar-refractivity contribution is 7.80. The Labute approximate surface area is 193 Å². The molecular weight excluding hydrogens is 422 g/mol. The predicted molar refractivity (Wildman–Crippen MR) is 130 cm³/mol. The summed E-state index contributed by atoms with van der Waals surface area (Å²) >= 11 is 5.22. The first kappa shape index (κ1) is 23.0. The van der Waals surface area contributed by atoms with Crippen molar-refractivity contribution in [1.29, 1.82) is 0 Å². The molecular formula is C25H25N3O3S. The van der Waals surface area contributed by atoms with E-state index >= 15 is 0 Å². The highest BCUT2D eigenvalue weighted by Crippen LogP contribution is 2.14. The van der Waals surface area contributed by atoms with Gasteiger partial charge in [-0.15, -0.1) is 0 Å². The predicted octanol–water partition coefficient (Wildman–Crippen LogP) is 4.14. The molecule has 0 aromatic heterocycles. The van der Waals surface area contributed by atoms with E-state index in [1.165, 1.54) is 10.5 Å². The first-order valence-corrected chi connectivity index (χ1v) is 10.5. The van der Waals surface area contributed by atoms with Gasteiger partial charge in [-0.3, -0.25) is 14.9 Å². The normalized spacial score (nSPS) is 10.2. The van der Waals surface area contributed by atoms with Crippen molar-refractivity contribution in [3.05, 3.63) is 95.6 Å². The van der Waals surface area contributed by atoms with Crippen molar-refractivity contribution in [2.24, 2.45) is 0 Å². The van der Waals surface area contributed by atoms with Crippen molar-refractivity contribution >= 4 is 34.8 Å². The van der Waals surface area contributed by atoms with Crippen molar-refractivity contribution in [3.63, 3.8) is 0 Å². The van der Waals surface area contributed by atoms with Crippen molar-refractivity contribution in [2.75, 3.05) is 26.0 Å². The molecule has 0 aliphatic rings. The van der Waals surface area contributed by atoms with E-state index in [1.54, 1.807) is 62.6 Å². The fraction of sp³-hybridized carbons (Fsp3) is 0.160. The lowest BCUT2D eigenvalue weighted by molar-refractivity contribution is 0.0827. The summed E-state index contributed by atoms with van der Waals surface area (Å²) in [6.07, 6.45) is 0.813. The van der Waals surface area contributed by atoms with Crippen LogP contribution in [0.15, 0.2) is 78.9 Å². The molecule has 0 spiro atoms. The molecule has 3 aromatic rings. The van der Waals surface area contributed by atoms with Crippen molar-refractivity contribution in [2.45, 2.75) is 6.42 Å². The fourth-order valence-corrected chi connectivity index (χ4v) is 3.14. The number of amides is 2. The molecule has 164 valence electrons. The number of hydrogen-bond acceptors (Lipinski definition) is 4. The standard InChI is InChI=1S/C25H25N3O3S/c1-28(2)24(30)20-8-12-21(13-9-20)26-25(32)27-23(29)19-10-14-22(15-11-19)31-17-16-18-6-4-3-5-7-18/h3-15H,16-17H2,1-2H3,(H2,26,27,29,32). The maximum Gasteiger partial charge on any atom is 0.257 e. The van der Waals surface area contributed by atoms with E-state index in [2.05, 4.69) is 22.8 Å². The topological polar surface area (TPSA) is 70.7 Å². The lowest BCUT2D eigenvalue weighted by Crippen LogP contribution is -2.34. The second-order valence-corrected chi connectivity index (χ2v) is 7.70. The van der Waals surface area contributed by atoms with Gasteiger partial charge in [-0.05, 0) is 66.3 Å². The van der Waals surface area contributed by atoms with Crippen LogP contribution >= 0.6 is 12.2 Å². The van der Waals surface area contributed by atoms with Gasteiger partial charge >= 0.3 is 0 Å². The number of hydrogen-bond donors (Lipinski definition) is 2. The average molecular weight is 448 g/mol. The third-order valence-corrected chi connectivity index (χ3v) is 4.85. The van der Waals surface area contributed by atoms with E-state index in [0.717, 1.165) is 6.42 Å². The third kappa shape index (κ3) is 6.65. The van der Waals surface area contributed by atoms with E-state index in [9.17, 15) is 9.59 Å². The average Bonchev–Trinajstić information content (AvgIpc) is 2.80. The maximum absolute atomic E-state index is 12.4. The Morgan fingerprint density at radius 1 is 0.875 bits per heavy atom. The number of carbonyl (C=O) groups is 2. The number of anilines is 1. The quantitative estimate of drug-likeness (QED) is 0.533. The number of benzene rings is 3. The Bertz CT molecular complexity index is 1070. The molecule has 0 saturated carbocycles. The van der Waals surface area contributed by atoms with Crippen LogP contribution in [0.4, 0.5) is 5.69 Å². The largest absolute Gasteiger partial charge is 0.493 e. The first-order chi connectivity index (χ1) is 15.4. The molecule has 0 radical (unpaired) electrons. The molecule has 3 aromatic carbocycles. The number of carbonyl (C=O) groups excluding carboxylic acids is 2. The lowest BCUT2D eigenvalue weighted by Gasteiger charge is -2.12. The second-order valence-electron chi connectivity index (χ2n) is 7.29. The van der Waals surface area contributed by atoms with Crippen LogP contribution < -0.4 is 15.4 Å². The van der Waals surface area contributed by atoms with Crippen LogP contribution in [0.25, 0.3) is 0 Å². The molecule has 0 bridgehead atoms. The van der Waals surface area contributed by atoms with Gasteiger partial charge in [-0.1, -0.05) is 30.3 Å². The van der Waals surface area contributed by atoms with Crippen LogP contribution in [0.2, 0.25) is 0 Å². The van der Waals surface area contributed by atoms with E-state index < -0.39 is 0 Å². The molecule has 7 heteroatoms. The molecule has 0 unspecified atom stereocenters. The summed E-state index contributed by atoms with van der Waals surface area (Å²) < 4.78 is 5.75. The summed E-state index contributed by atoms with van der Waals surface area (Å²) in [6.45, 7) is 0.558. The van der Waals surface area contributed by atoms with E-state index in [1.807, 2.05) is 18.2 Å². The molecule has 32 heavy (non-hydrogen) atoms. The molecule has 3 rings (SSSR count). The third-order valence-electron chi connectivity index (χ3n) is 4.64. The minimum atomic E-state index is -0.322. The summed E-state index contributed by atoms with van der Waals surface area (Å²) in [7, 11) is 3.39. The molecule has 0 saturated heterocycles. The van der Waals surface area contributed by atoms with Crippen molar-refractivity contribution < 1.29 is 14.3 Å². The van der Waals surface area contributed by atoms with Crippen molar-refractivity contribution in [3.8, 4) is 5.75 Å². The van der Waals surface area contributed by atoms with Gasteiger partial charge in [-0.25, -0.2) is 0 Å². The van der Waals surface area contributed by atoms with Gasteiger partial charge in [0.15, 0.2) is 5.11 Å². The number of nitrogens with zero attached hydrogens (tertiary/aromatic N) is 1. The molecule has 0 aliphatic carbocycles. The van der Waals surface area contributed by atoms with Gasteiger partial charge in [0, 0.05) is 37.3 Å². The van der Waals surface area contributed by atoms with Gasteiger partial charge in [0.1, 0.15) is 5.75 Å². The minimum absolute atomic E-state index is 0.0834. The Balaban J connectivity index is 1.47. The summed E-state index contributed by atoms with van der Waals surface area (Å²) in [4.78, 5) is 25.9. The van der Waals surface area contributed by atoms with E-state index in [-0.39, 0.29) is 16.9 Å². The number of ether oxygens (including phenoxy) is 1. The molecule has 0 aliphatic heterocycles. The van der Waals surface area contributed by atoms with Gasteiger partial charge < -0.3 is 15.0 Å². The Morgan fingerprint density at radius 2 is 1.50 bits per heavy atom. The Morgan fingerprint density at radius 3 is 2.12 bits per heavy atom. The second kappa shape index (κ2) is 11.1. The van der Waals surface area contributed by atoms with Crippen molar-refractivity contribution in [1.82, 2.24) is 10.2 Å². The smallest absolute Gasteiger partial charge is 0.257 e. The Kier molecular flexibility index (Phi) is 7.94. The zero-order valence-corrected chi connectivity index (χ0v) is 18.8. The fourth-order valence-electron chi connectivity index (χ4n) is 2.93. The molecule has 0 atom stereocenters. The maximum atomic E-state index is 12.4. The van der Waals surface area contributed by atoms with Crippen LogP contribution in [0.5, 0.6) is 5.75 Å². The van der Waals surface area contributed by atoms with E-state index in [0.29, 0.717) is 29.2 Å². The first-order valence-electron chi connectivity index (χ1n) is 10.1. The summed E-state index contributed by atoms with van der Waals surface area (Å²) in [5, 5.41) is 5.76. The highest BCUT2D eigenvalue weighted by atomic mass is 32.1. The SMILES string of the molecule is CN(C)C(=O)c1ccc(NC(=S)NC(=O)c2ccc(OCCc3ccccc3)cc2)cc1. The van der Waals surface area contributed by atoms with Crippen LogP contribution in [0, 0.1) is 0 Å². The highest BCUT2D eigenvalue weighted by Gasteiger charge is 2.10. The van der Waals surface area contributed by atoms with Crippen LogP contribution in [0.3, 0.4) is 0 Å². The molecule has 2 N–H and O–H groups in total. The number of thiocarbonyl (C=S) groups is 1.